The first kappa shape index (κ1) is 13.2. The smallest absolute Gasteiger partial charge is 0.106 e. The lowest BCUT2D eigenvalue weighted by Gasteiger charge is -2.34. The van der Waals surface area contributed by atoms with E-state index >= 15 is 0 Å². The molecule has 1 nitrogen and oxygen atoms in total. The average molecular weight is 249 g/mol. The van der Waals surface area contributed by atoms with Gasteiger partial charge in [0.1, 0.15) is 5.54 Å². The molecule has 0 atom stereocenters. The molecule has 0 saturated heterocycles. The van der Waals surface area contributed by atoms with Gasteiger partial charge in [0.15, 0.2) is 0 Å². The molecule has 0 aromatic heterocycles. The molecule has 0 spiro atoms. The summed E-state index contributed by atoms with van der Waals surface area (Å²) in [5, 5.41) is 3.46. The summed E-state index contributed by atoms with van der Waals surface area (Å²) in [5.41, 5.74) is 2.78. The molecule has 0 aliphatic rings. The van der Waals surface area contributed by atoms with Crippen LogP contribution in [0.5, 0.6) is 0 Å². The van der Waals surface area contributed by atoms with Gasteiger partial charge in [-0.1, -0.05) is 73.3 Å². The van der Waals surface area contributed by atoms with Gasteiger partial charge in [-0.05, 0) is 18.1 Å². The van der Waals surface area contributed by atoms with Crippen LogP contribution < -0.4 is 5.32 Å². The van der Waals surface area contributed by atoms with Crippen molar-refractivity contribution in [2.75, 3.05) is 0 Å². The van der Waals surface area contributed by atoms with Gasteiger partial charge in [0.2, 0.25) is 0 Å². The molecule has 0 heterocycles. The van der Waals surface area contributed by atoms with Crippen molar-refractivity contribution in [3.8, 4) is 0 Å². The normalized spacial score (nSPS) is 10.8. The summed E-state index contributed by atoms with van der Waals surface area (Å²) in [6, 6.07) is 20.6. The predicted molar refractivity (Wildman–Crippen MR) is 81.8 cm³/mol. The van der Waals surface area contributed by atoms with Crippen LogP contribution in [0.25, 0.3) is 0 Å². The standard InChI is InChI=1S/C18H19N/c1-4-18(19-15(2)3,16-11-7-5-8-12-16)17-13-9-6-10-14-17/h4-14,19H,1-2H2,3H3. The molecule has 0 amide bonds. The van der Waals surface area contributed by atoms with Crippen LogP contribution in [-0.2, 0) is 5.54 Å². The number of benzene rings is 2. The van der Waals surface area contributed by atoms with Gasteiger partial charge >= 0.3 is 0 Å². The maximum Gasteiger partial charge on any atom is 0.106 e. The number of rotatable bonds is 5. The summed E-state index contributed by atoms with van der Waals surface area (Å²) < 4.78 is 0. The number of hydrogen-bond donors (Lipinski definition) is 1. The van der Waals surface area contributed by atoms with E-state index in [2.05, 4.69) is 42.7 Å². The Labute approximate surface area is 115 Å². The first-order chi connectivity index (χ1) is 9.19. The zero-order chi connectivity index (χ0) is 13.7. The molecule has 19 heavy (non-hydrogen) atoms. The van der Waals surface area contributed by atoms with E-state index in [0.717, 1.165) is 16.8 Å². The lowest BCUT2D eigenvalue weighted by atomic mass is 9.82. The Bertz CT molecular complexity index is 515. The highest BCUT2D eigenvalue weighted by Crippen LogP contribution is 2.31. The molecule has 0 aliphatic heterocycles. The summed E-state index contributed by atoms with van der Waals surface area (Å²) >= 11 is 0. The second kappa shape index (κ2) is 5.57. The van der Waals surface area contributed by atoms with E-state index in [-0.39, 0.29) is 0 Å². The zero-order valence-electron chi connectivity index (χ0n) is 11.3. The zero-order valence-corrected chi connectivity index (χ0v) is 11.3. The fourth-order valence-electron chi connectivity index (χ4n) is 2.34. The number of allylic oxidation sites excluding steroid dienone is 1. The Kier molecular flexibility index (Phi) is 3.86. The van der Waals surface area contributed by atoms with E-state index in [1.807, 2.05) is 49.4 Å². The number of nitrogens with one attached hydrogen (secondary N) is 1. The highest BCUT2D eigenvalue weighted by molar-refractivity contribution is 5.43. The molecule has 0 radical (unpaired) electrons. The van der Waals surface area contributed by atoms with Crippen molar-refractivity contribution in [2.24, 2.45) is 0 Å². The van der Waals surface area contributed by atoms with Gasteiger partial charge in [-0.2, -0.15) is 0 Å². The predicted octanol–water partition coefficient (Wildman–Crippen LogP) is 4.24. The van der Waals surface area contributed by atoms with Gasteiger partial charge in [-0.3, -0.25) is 0 Å². The van der Waals surface area contributed by atoms with Gasteiger partial charge in [0.05, 0.1) is 0 Å². The summed E-state index contributed by atoms with van der Waals surface area (Å²) in [5.74, 6) is 0. The van der Waals surface area contributed by atoms with Crippen molar-refractivity contribution >= 4 is 0 Å². The van der Waals surface area contributed by atoms with Crippen LogP contribution in [0, 0.1) is 0 Å². The van der Waals surface area contributed by atoms with Crippen molar-refractivity contribution in [2.45, 2.75) is 12.5 Å². The third kappa shape index (κ3) is 2.60. The minimum Gasteiger partial charge on any atom is -0.372 e. The van der Waals surface area contributed by atoms with Crippen molar-refractivity contribution < 1.29 is 0 Å². The van der Waals surface area contributed by atoms with Crippen LogP contribution in [0.3, 0.4) is 0 Å². The molecule has 2 aromatic rings. The third-order valence-electron chi connectivity index (χ3n) is 3.18. The molecular weight excluding hydrogens is 230 g/mol. The van der Waals surface area contributed by atoms with E-state index in [4.69, 9.17) is 0 Å². The van der Waals surface area contributed by atoms with E-state index in [0.29, 0.717) is 0 Å². The number of hydrogen-bond acceptors (Lipinski definition) is 1. The van der Waals surface area contributed by atoms with Crippen LogP contribution in [0.2, 0.25) is 0 Å². The SMILES string of the molecule is C=CC(NC(=C)C)(c1ccccc1)c1ccccc1. The maximum atomic E-state index is 4.04. The van der Waals surface area contributed by atoms with Crippen molar-refractivity contribution in [3.63, 3.8) is 0 Å². The summed E-state index contributed by atoms with van der Waals surface area (Å²) in [4.78, 5) is 0. The maximum absolute atomic E-state index is 4.04. The Balaban J connectivity index is 2.61. The fraction of sp³-hybridized carbons (Fsp3) is 0.111. The van der Waals surface area contributed by atoms with Crippen LogP contribution in [-0.4, -0.2) is 0 Å². The minimum atomic E-state index is -0.436. The third-order valence-corrected chi connectivity index (χ3v) is 3.18. The summed E-state index contributed by atoms with van der Waals surface area (Å²) in [6.45, 7) is 9.98. The molecular formula is C18H19N. The van der Waals surface area contributed by atoms with Crippen molar-refractivity contribution in [1.82, 2.24) is 5.32 Å². The van der Waals surface area contributed by atoms with Gasteiger partial charge in [-0.15, -0.1) is 6.58 Å². The average Bonchev–Trinajstić information content (AvgIpc) is 2.46. The Morgan fingerprint density at radius 3 is 1.68 bits per heavy atom. The van der Waals surface area contributed by atoms with E-state index in [9.17, 15) is 0 Å². The second-order valence-corrected chi connectivity index (χ2v) is 4.65. The Morgan fingerprint density at radius 2 is 1.37 bits per heavy atom. The molecule has 0 unspecified atom stereocenters. The van der Waals surface area contributed by atoms with E-state index in [1.165, 1.54) is 0 Å². The first-order valence-electron chi connectivity index (χ1n) is 6.37. The monoisotopic (exact) mass is 249 g/mol. The molecule has 1 heteroatoms. The molecule has 0 aliphatic carbocycles. The van der Waals surface area contributed by atoms with E-state index < -0.39 is 5.54 Å². The Hall–Kier alpha value is -2.28. The van der Waals surface area contributed by atoms with Crippen molar-refractivity contribution in [3.05, 3.63) is 96.7 Å². The molecule has 0 saturated carbocycles. The van der Waals surface area contributed by atoms with Gasteiger partial charge < -0.3 is 5.32 Å². The largest absolute Gasteiger partial charge is 0.372 e. The van der Waals surface area contributed by atoms with Crippen molar-refractivity contribution in [1.29, 1.82) is 0 Å². The Morgan fingerprint density at radius 1 is 0.947 bits per heavy atom. The minimum absolute atomic E-state index is 0.436. The van der Waals surface area contributed by atoms with Crippen LogP contribution in [0.1, 0.15) is 18.1 Å². The fourth-order valence-corrected chi connectivity index (χ4v) is 2.34. The second-order valence-electron chi connectivity index (χ2n) is 4.65. The lowest BCUT2D eigenvalue weighted by Crippen LogP contribution is -2.40. The highest BCUT2D eigenvalue weighted by Gasteiger charge is 2.30. The van der Waals surface area contributed by atoms with Gasteiger partial charge in [0.25, 0.3) is 0 Å². The first-order valence-corrected chi connectivity index (χ1v) is 6.37. The topological polar surface area (TPSA) is 12.0 Å². The summed E-state index contributed by atoms with van der Waals surface area (Å²) in [6.07, 6.45) is 1.94. The molecule has 2 aromatic carbocycles. The van der Waals surface area contributed by atoms with Crippen LogP contribution >= 0.6 is 0 Å². The lowest BCUT2D eigenvalue weighted by molar-refractivity contribution is 0.552. The molecule has 0 fully saturated rings. The molecule has 96 valence electrons. The van der Waals surface area contributed by atoms with Crippen LogP contribution in [0.15, 0.2) is 85.6 Å². The van der Waals surface area contributed by atoms with Gasteiger partial charge in [0, 0.05) is 5.70 Å². The van der Waals surface area contributed by atoms with E-state index in [1.54, 1.807) is 0 Å². The molecule has 2 rings (SSSR count). The molecule has 1 N–H and O–H groups in total. The molecule has 0 bridgehead atoms. The highest BCUT2D eigenvalue weighted by atomic mass is 15.0. The van der Waals surface area contributed by atoms with Gasteiger partial charge in [-0.25, -0.2) is 0 Å². The summed E-state index contributed by atoms with van der Waals surface area (Å²) in [7, 11) is 0. The van der Waals surface area contributed by atoms with Crippen LogP contribution in [0.4, 0.5) is 0 Å². The quantitative estimate of drug-likeness (QED) is 0.781.